The Morgan fingerprint density at radius 1 is 1.34 bits per heavy atom. The molecule has 0 fully saturated rings. The van der Waals surface area contributed by atoms with Crippen LogP contribution in [0.2, 0.25) is 0 Å². The van der Waals surface area contributed by atoms with E-state index in [0.717, 1.165) is 28.4 Å². The lowest BCUT2D eigenvalue weighted by Gasteiger charge is -2.06. The van der Waals surface area contributed by atoms with Gasteiger partial charge in [-0.05, 0) is 32.0 Å². The third-order valence-electron chi connectivity index (χ3n) is 4.87. The van der Waals surface area contributed by atoms with E-state index >= 15 is 0 Å². The molecular weight excluding hydrogens is 412 g/mol. The highest BCUT2D eigenvalue weighted by atomic mass is 16.5. The Balaban J connectivity index is 0.000000913. The summed E-state index contributed by atoms with van der Waals surface area (Å²) in [5, 5.41) is 17.0. The molecule has 0 spiro atoms. The Labute approximate surface area is 184 Å². The molecule has 4 aromatic rings. The number of carbonyl (C=O) groups excluding carboxylic acids is 1. The number of hydrogen-bond acceptors (Lipinski definition) is 6. The fraction of sp³-hybridized carbons (Fsp3) is 0.227. The maximum Gasteiger partial charge on any atom is 0.290 e. The molecule has 4 rings (SSSR count). The van der Waals surface area contributed by atoms with Crippen molar-refractivity contribution < 1.29 is 23.8 Å². The Kier molecular flexibility index (Phi) is 7.17. The van der Waals surface area contributed by atoms with Crippen LogP contribution in [-0.4, -0.2) is 45.6 Å². The van der Waals surface area contributed by atoms with Crippen molar-refractivity contribution in [3.63, 3.8) is 0 Å². The van der Waals surface area contributed by atoms with Crippen LogP contribution in [0.25, 0.3) is 16.9 Å². The van der Waals surface area contributed by atoms with Crippen molar-refractivity contribution in [1.29, 1.82) is 0 Å². The third kappa shape index (κ3) is 4.91. The number of imidazole rings is 1. The number of fused-ring (bicyclic) bond motifs is 1. The molecule has 0 bridgehead atoms. The highest BCUT2D eigenvalue weighted by molar-refractivity contribution is 5.95. The van der Waals surface area contributed by atoms with Gasteiger partial charge in [0, 0.05) is 24.9 Å². The molecule has 0 saturated carbocycles. The van der Waals surface area contributed by atoms with Crippen molar-refractivity contribution in [3.05, 3.63) is 66.1 Å². The van der Waals surface area contributed by atoms with Crippen LogP contribution in [0.3, 0.4) is 0 Å². The van der Waals surface area contributed by atoms with Gasteiger partial charge >= 0.3 is 0 Å². The summed E-state index contributed by atoms with van der Waals surface area (Å²) in [6, 6.07) is 7.54. The van der Waals surface area contributed by atoms with Gasteiger partial charge in [0.1, 0.15) is 11.4 Å². The second-order valence-electron chi connectivity index (χ2n) is 6.93. The van der Waals surface area contributed by atoms with E-state index in [2.05, 4.69) is 20.8 Å². The summed E-state index contributed by atoms with van der Waals surface area (Å²) in [5.41, 5.74) is 4.93. The minimum atomic E-state index is -0.250. The van der Waals surface area contributed by atoms with Crippen molar-refractivity contribution in [2.24, 2.45) is 0 Å². The maximum atomic E-state index is 12.6. The van der Waals surface area contributed by atoms with E-state index in [4.69, 9.17) is 14.4 Å². The van der Waals surface area contributed by atoms with Crippen LogP contribution in [0, 0.1) is 13.8 Å². The Bertz CT molecular complexity index is 1210. The average molecular weight is 437 g/mol. The zero-order valence-electron chi connectivity index (χ0n) is 18.1. The van der Waals surface area contributed by atoms with Crippen LogP contribution in [-0.2, 0) is 11.3 Å². The van der Waals surface area contributed by atoms with E-state index in [-0.39, 0.29) is 12.4 Å². The molecule has 0 aliphatic carbocycles. The number of aryl methyl sites for hydroxylation is 2. The second-order valence-corrected chi connectivity index (χ2v) is 6.93. The molecule has 10 nitrogen and oxygen atoms in total. The minimum absolute atomic E-state index is 0.125. The summed E-state index contributed by atoms with van der Waals surface area (Å²) in [5.74, 6) is 0.616. The van der Waals surface area contributed by atoms with Crippen LogP contribution < -0.4 is 15.2 Å². The molecule has 1 amide bonds. The van der Waals surface area contributed by atoms with E-state index in [9.17, 15) is 4.79 Å². The molecule has 4 heterocycles. The lowest BCUT2D eigenvalue weighted by Crippen LogP contribution is -2.40. The van der Waals surface area contributed by atoms with Gasteiger partial charge in [-0.1, -0.05) is 5.16 Å². The van der Waals surface area contributed by atoms with E-state index in [1.165, 1.54) is 0 Å². The summed E-state index contributed by atoms with van der Waals surface area (Å²) in [7, 11) is 1.88. The number of hydrogen-bond donors (Lipinski definition) is 3. The first kappa shape index (κ1) is 22.5. The summed E-state index contributed by atoms with van der Waals surface area (Å²) < 4.78 is 9.22. The molecule has 0 aliphatic rings. The topological polar surface area (TPSA) is 126 Å². The number of carboxylic acid groups (broad SMARTS) is 1. The number of nitrogens with one attached hydrogen (secondary N) is 2. The van der Waals surface area contributed by atoms with Crippen LogP contribution in [0.1, 0.15) is 21.8 Å². The smallest absolute Gasteiger partial charge is 0.290 e. The predicted molar refractivity (Wildman–Crippen MR) is 117 cm³/mol. The zero-order valence-corrected chi connectivity index (χ0v) is 18.1. The van der Waals surface area contributed by atoms with E-state index in [1.54, 1.807) is 18.3 Å². The van der Waals surface area contributed by atoms with Gasteiger partial charge in [-0.3, -0.25) is 14.0 Å². The van der Waals surface area contributed by atoms with Gasteiger partial charge in [-0.25, -0.2) is 9.55 Å². The standard InChI is InChI=1S/C21H22N6O2.CH2O2/c1-14-20(15(2)29-25-14)18-12-24-19-11-16(6-9-27(18)19)21(28)23-7-10-26-8-4-5-17(13-26)22-3;2-1-3/h4-6,8-9,11-13,22H,7,10H2,1-3H3;1H,(H,2,3)/p+1. The largest absolute Gasteiger partial charge is 0.483 e. The van der Waals surface area contributed by atoms with Gasteiger partial charge < -0.3 is 20.3 Å². The summed E-state index contributed by atoms with van der Waals surface area (Å²) in [6.07, 6.45) is 7.59. The van der Waals surface area contributed by atoms with E-state index < -0.39 is 0 Å². The molecule has 0 aromatic carbocycles. The fourth-order valence-corrected chi connectivity index (χ4v) is 3.37. The first-order chi connectivity index (χ1) is 15.5. The fourth-order valence-electron chi connectivity index (χ4n) is 3.37. The van der Waals surface area contributed by atoms with Crippen molar-refractivity contribution >= 4 is 23.7 Å². The predicted octanol–water partition coefficient (Wildman–Crippen LogP) is 2.07. The van der Waals surface area contributed by atoms with Crippen molar-refractivity contribution in [1.82, 2.24) is 19.9 Å². The number of aromatic nitrogens is 4. The Morgan fingerprint density at radius 2 is 2.12 bits per heavy atom. The molecule has 32 heavy (non-hydrogen) atoms. The van der Waals surface area contributed by atoms with Crippen LogP contribution >= 0.6 is 0 Å². The molecule has 4 aromatic heterocycles. The number of anilines is 1. The monoisotopic (exact) mass is 437 g/mol. The number of amides is 1. The lowest BCUT2D eigenvalue weighted by atomic mass is 10.1. The normalized spacial score (nSPS) is 10.3. The molecule has 0 atom stereocenters. The zero-order chi connectivity index (χ0) is 23.1. The SMILES string of the molecule is CNc1ccc[n+](CCNC(=O)c2ccn3c(-c4c(C)noc4C)cnc3c2)c1.O=CO. The van der Waals surface area contributed by atoms with Crippen LogP contribution in [0.4, 0.5) is 5.69 Å². The van der Waals surface area contributed by atoms with Crippen molar-refractivity contribution in [3.8, 4) is 11.3 Å². The lowest BCUT2D eigenvalue weighted by molar-refractivity contribution is -0.694. The number of pyridine rings is 2. The van der Waals surface area contributed by atoms with Crippen LogP contribution in [0.5, 0.6) is 0 Å². The number of nitrogens with zero attached hydrogens (tertiary/aromatic N) is 4. The van der Waals surface area contributed by atoms with Crippen LogP contribution in [0.15, 0.2) is 53.6 Å². The quantitative estimate of drug-likeness (QED) is 0.311. The molecule has 0 radical (unpaired) electrons. The molecule has 166 valence electrons. The van der Waals surface area contributed by atoms with Gasteiger partial charge in [-0.15, -0.1) is 0 Å². The summed E-state index contributed by atoms with van der Waals surface area (Å²) >= 11 is 0. The van der Waals surface area contributed by atoms with E-state index in [1.807, 2.05) is 60.6 Å². The number of carbonyl (C=O) groups is 2. The molecule has 0 unspecified atom stereocenters. The maximum absolute atomic E-state index is 12.6. The molecule has 3 N–H and O–H groups in total. The highest BCUT2D eigenvalue weighted by Crippen LogP contribution is 2.27. The summed E-state index contributed by atoms with van der Waals surface area (Å²) in [4.78, 5) is 25.4. The molecule has 10 heteroatoms. The average Bonchev–Trinajstić information content (AvgIpc) is 3.35. The second kappa shape index (κ2) is 10.2. The van der Waals surface area contributed by atoms with E-state index in [0.29, 0.717) is 24.3 Å². The first-order valence-corrected chi connectivity index (χ1v) is 9.91. The molecular formula is C22H25N6O4+. The molecule has 0 saturated heterocycles. The first-order valence-electron chi connectivity index (χ1n) is 9.91. The van der Waals surface area contributed by atoms with Gasteiger partial charge in [0.25, 0.3) is 12.4 Å². The van der Waals surface area contributed by atoms with Gasteiger partial charge in [-0.2, -0.15) is 0 Å². The minimum Gasteiger partial charge on any atom is -0.483 e. The van der Waals surface area contributed by atoms with Crippen molar-refractivity contribution in [2.45, 2.75) is 20.4 Å². The highest BCUT2D eigenvalue weighted by Gasteiger charge is 2.17. The Morgan fingerprint density at radius 3 is 2.81 bits per heavy atom. The number of rotatable bonds is 6. The van der Waals surface area contributed by atoms with Gasteiger partial charge in [0.15, 0.2) is 18.9 Å². The Hall–Kier alpha value is -4.21. The molecule has 0 aliphatic heterocycles. The van der Waals surface area contributed by atoms with Gasteiger partial charge in [0.2, 0.25) is 0 Å². The third-order valence-corrected chi connectivity index (χ3v) is 4.87. The van der Waals surface area contributed by atoms with Gasteiger partial charge in [0.05, 0.1) is 35.4 Å². The van der Waals surface area contributed by atoms with Crippen molar-refractivity contribution in [2.75, 3.05) is 18.9 Å². The summed E-state index contributed by atoms with van der Waals surface area (Å²) in [6.45, 7) is 4.74.